The molecule has 0 spiro atoms. The van der Waals surface area contributed by atoms with Gasteiger partial charge in [0.05, 0.1) is 0 Å². The summed E-state index contributed by atoms with van der Waals surface area (Å²) >= 11 is 0. The molecule has 2 N–H and O–H groups in total. The molecule has 1 aliphatic carbocycles. The quantitative estimate of drug-likeness (QED) is 0.690. The molecule has 0 amide bonds. The number of nitrogens with two attached hydrogens (primary N) is 1. The van der Waals surface area contributed by atoms with Gasteiger partial charge in [-0.1, -0.05) is 40.0 Å². The van der Waals surface area contributed by atoms with Crippen LogP contribution in [0.4, 0.5) is 0 Å². The van der Waals surface area contributed by atoms with Crippen molar-refractivity contribution in [1.82, 2.24) is 0 Å². The van der Waals surface area contributed by atoms with E-state index in [1.807, 2.05) is 0 Å². The second-order valence-corrected chi connectivity index (χ2v) is 5.35. The van der Waals surface area contributed by atoms with Crippen molar-refractivity contribution in [3.05, 3.63) is 0 Å². The molecule has 0 aromatic heterocycles. The van der Waals surface area contributed by atoms with Gasteiger partial charge in [-0.05, 0) is 24.2 Å². The van der Waals surface area contributed by atoms with E-state index in [0.29, 0.717) is 11.5 Å². The highest BCUT2D eigenvalue weighted by Gasteiger charge is 2.23. The van der Waals surface area contributed by atoms with Crippen LogP contribution in [0.3, 0.4) is 0 Å². The summed E-state index contributed by atoms with van der Waals surface area (Å²) < 4.78 is 0. The molecule has 0 aromatic carbocycles. The third kappa shape index (κ3) is 2.78. The maximum absolute atomic E-state index is 6.08. The second kappa shape index (κ2) is 3.78. The van der Waals surface area contributed by atoms with Crippen molar-refractivity contribution in [3.63, 3.8) is 0 Å². The molecule has 0 radical (unpaired) electrons. The fourth-order valence-electron chi connectivity index (χ4n) is 1.63. The molecule has 0 saturated heterocycles. The lowest BCUT2D eigenvalue weighted by Crippen LogP contribution is -2.35. The Balaban J connectivity index is 2.13. The van der Waals surface area contributed by atoms with Crippen LogP contribution >= 0.6 is 0 Å². The number of hydrogen-bond acceptors (Lipinski definition) is 1. The van der Waals surface area contributed by atoms with Gasteiger partial charge in [0, 0.05) is 6.04 Å². The molecule has 0 heterocycles. The van der Waals surface area contributed by atoms with Gasteiger partial charge in [0.25, 0.3) is 0 Å². The second-order valence-electron chi connectivity index (χ2n) is 5.35. The first kappa shape index (κ1) is 10.0. The summed E-state index contributed by atoms with van der Waals surface area (Å²) in [5.74, 6) is 1.01. The normalized spacial score (nSPS) is 22.0. The summed E-state index contributed by atoms with van der Waals surface area (Å²) in [5, 5.41) is 0. The fraction of sp³-hybridized carbons (Fsp3) is 1.00. The zero-order valence-corrected chi connectivity index (χ0v) is 8.77. The van der Waals surface area contributed by atoms with E-state index in [2.05, 4.69) is 20.8 Å². The molecule has 1 heteroatoms. The summed E-state index contributed by atoms with van der Waals surface area (Å²) in [7, 11) is 0. The summed E-state index contributed by atoms with van der Waals surface area (Å²) in [6.07, 6.45) is 6.94. The van der Waals surface area contributed by atoms with E-state index in [-0.39, 0.29) is 0 Å². The van der Waals surface area contributed by atoms with E-state index in [0.717, 1.165) is 5.92 Å². The van der Waals surface area contributed by atoms with E-state index >= 15 is 0 Å². The SMILES string of the molecule is CC(C)(C)C(N)CCC1CCC1. The van der Waals surface area contributed by atoms with E-state index < -0.39 is 0 Å². The molecular weight excluding hydrogens is 146 g/mol. The fourth-order valence-corrected chi connectivity index (χ4v) is 1.63. The summed E-state index contributed by atoms with van der Waals surface area (Å²) in [5.41, 5.74) is 6.37. The number of hydrogen-bond donors (Lipinski definition) is 1. The molecule has 12 heavy (non-hydrogen) atoms. The van der Waals surface area contributed by atoms with Gasteiger partial charge in [-0.15, -0.1) is 0 Å². The van der Waals surface area contributed by atoms with Crippen molar-refractivity contribution in [2.75, 3.05) is 0 Å². The minimum Gasteiger partial charge on any atom is -0.327 e. The maximum atomic E-state index is 6.08. The zero-order chi connectivity index (χ0) is 9.19. The Hall–Kier alpha value is -0.0400. The van der Waals surface area contributed by atoms with Gasteiger partial charge in [0.15, 0.2) is 0 Å². The van der Waals surface area contributed by atoms with Crippen molar-refractivity contribution in [2.24, 2.45) is 17.1 Å². The minimum absolute atomic E-state index is 0.295. The Labute approximate surface area is 76.7 Å². The van der Waals surface area contributed by atoms with Crippen LogP contribution in [-0.4, -0.2) is 6.04 Å². The monoisotopic (exact) mass is 169 g/mol. The third-order valence-electron chi connectivity index (χ3n) is 3.22. The van der Waals surface area contributed by atoms with Gasteiger partial charge in [-0.3, -0.25) is 0 Å². The summed E-state index contributed by atoms with van der Waals surface area (Å²) in [6.45, 7) is 6.70. The largest absolute Gasteiger partial charge is 0.327 e. The van der Waals surface area contributed by atoms with Crippen molar-refractivity contribution in [1.29, 1.82) is 0 Å². The average Bonchev–Trinajstić information content (AvgIpc) is 1.81. The van der Waals surface area contributed by atoms with Crippen molar-refractivity contribution in [2.45, 2.75) is 58.9 Å². The van der Waals surface area contributed by atoms with E-state index in [9.17, 15) is 0 Å². The molecule has 1 unspecified atom stereocenters. The lowest BCUT2D eigenvalue weighted by Gasteiger charge is -2.31. The molecule has 1 aliphatic rings. The van der Waals surface area contributed by atoms with E-state index in [4.69, 9.17) is 5.73 Å². The predicted octanol–water partition coefficient (Wildman–Crippen LogP) is 2.94. The molecule has 1 rings (SSSR count). The maximum Gasteiger partial charge on any atom is 0.00877 e. The smallest absolute Gasteiger partial charge is 0.00877 e. The standard InChI is InChI=1S/C11H23N/c1-11(2,3)10(12)8-7-9-5-4-6-9/h9-10H,4-8,12H2,1-3H3. The Morgan fingerprint density at radius 3 is 2.25 bits per heavy atom. The van der Waals surface area contributed by atoms with Gasteiger partial charge in [-0.2, -0.15) is 0 Å². The Morgan fingerprint density at radius 2 is 1.92 bits per heavy atom. The Kier molecular flexibility index (Phi) is 3.16. The van der Waals surface area contributed by atoms with Crippen LogP contribution in [0.5, 0.6) is 0 Å². The topological polar surface area (TPSA) is 26.0 Å². The highest BCUT2D eigenvalue weighted by molar-refractivity contribution is 4.79. The lowest BCUT2D eigenvalue weighted by molar-refractivity contribution is 0.240. The predicted molar refractivity (Wildman–Crippen MR) is 54.0 cm³/mol. The lowest BCUT2D eigenvalue weighted by atomic mass is 9.77. The average molecular weight is 169 g/mol. The van der Waals surface area contributed by atoms with E-state index in [1.54, 1.807) is 0 Å². The molecule has 1 atom stereocenters. The van der Waals surface area contributed by atoms with Gasteiger partial charge >= 0.3 is 0 Å². The van der Waals surface area contributed by atoms with Crippen LogP contribution in [0.2, 0.25) is 0 Å². The van der Waals surface area contributed by atoms with Gasteiger partial charge < -0.3 is 5.73 Å². The first-order valence-electron chi connectivity index (χ1n) is 5.26. The molecule has 1 nitrogen and oxygen atoms in total. The Bertz CT molecular complexity index is 130. The Morgan fingerprint density at radius 1 is 1.33 bits per heavy atom. The van der Waals surface area contributed by atoms with Crippen molar-refractivity contribution >= 4 is 0 Å². The first-order valence-corrected chi connectivity index (χ1v) is 5.26. The minimum atomic E-state index is 0.295. The molecule has 1 saturated carbocycles. The molecule has 0 bridgehead atoms. The molecule has 72 valence electrons. The molecule has 0 aromatic rings. The van der Waals surface area contributed by atoms with Crippen LogP contribution in [0.25, 0.3) is 0 Å². The highest BCUT2D eigenvalue weighted by atomic mass is 14.7. The first-order chi connectivity index (χ1) is 5.50. The van der Waals surface area contributed by atoms with Gasteiger partial charge in [0.2, 0.25) is 0 Å². The van der Waals surface area contributed by atoms with Gasteiger partial charge in [0.1, 0.15) is 0 Å². The summed E-state index contributed by atoms with van der Waals surface area (Å²) in [4.78, 5) is 0. The van der Waals surface area contributed by atoms with Crippen molar-refractivity contribution < 1.29 is 0 Å². The van der Waals surface area contributed by atoms with Crippen LogP contribution in [-0.2, 0) is 0 Å². The van der Waals surface area contributed by atoms with Crippen LogP contribution in [0.1, 0.15) is 52.9 Å². The summed E-state index contributed by atoms with van der Waals surface area (Å²) in [6, 6.07) is 0.387. The zero-order valence-electron chi connectivity index (χ0n) is 8.77. The molecule has 0 aliphatic heterocycles. The van der Waals surface area contributed by atoms with Crippen LogP contribution < -0.4 is 5.73 Å². The molecule has 1 fully saturated rings. The number of rotatable bonds is 3. The van der Waals surface area contributed by atoms with Crippen LogP contribution in [0, 0.1) is 11.3 Å². The van der Waals surface area contributed by atoms with Gasteiger partial charge in [-0.25, -0.2) is 0 Å². The van der Waals surface area contributed by atoms with E-state index in [1.165, 1.54) is 32.1 Å². The van der Waals surface area contributed by atoms with Crippen molar-refractivity contribution in [3.8, 4) is 0 Å². The molecular formula is C11H23N. The van der Waals surface area contributed by atoms with Crippen LogP contribution in [0.15, 0.2) is 0 Å². The highest BCUT2D eigenvalue weighted by Crippen LogP contribution is 2.32. The third-order valence-corrected chi connectivity index (χ3v) is 3.22.